The number of hydrogen-bond donors (Lipinski definition) is 1. The van der Waals surface area contributed by atoms with Crippen molar-refractivity contribution in [1.82, 2.24) is 15.1 Å². The number of urea groups is 1. The first-order valence-corrected chi connectivity index (χ1v) is 7.64. The molecule has 116 valence electrons. The van der Waals surface area contributed by atoms with Crippen LogP contribution in [0.5, 0.6) is 0 Å². The van der Waals surface area contributed by atoms with Gasteiger partial charge in [-0.25, -0.2) is 4.79 Å². The van der Waals surface area contributed by atoms with Crippen molar-refractivity contribution in [2.75, 3.05) is 26.2 Å². The first-order chi connectivity index (χ1) is 9.29. The topological polar surface area (TPSA) is 52.7 Å². The second kappa shape index (κ2) is 6.95. The molecule has 0 spiro atoms. The summed E-state index contributed by atoms with van der Waals surface area (Å²) < 4.78 is 0. The minimum atomic E-state index is -0.353. The van der Waals surface area contributed by atoms with Crippen LogP contribution in [-0.4, -0.2) is 54.0 Å². The Morgan fingerprint density at radius 2 is 1.65 bits per heavy atom. The third-order valence-electron chi connectivity index (χ3n) is 3.82. The lowest BCUT2D eigenvalue weighted by Gasteiger charge is -2.36. The molecule has 1 fully saturated rings. The molecule has 3 amide bonds. The first kappa shape index (κ1) is 16.8. The molecule has 1 N–H and O–H groups in total. The van der Waals surface area contributed by atoms with Gasteiger partial charge in [-0.3, -0.25) is 4.79 Å². The lowest BCUT2D eigenvalue weighted by Crippen LogP contribution is -2.51. The zero-order valence-electron chi connectivity index (χ0n) is 13.5. The average molecular weight is 283 g/mol. The van der Waals surface area contributed by atoms with Crippen molar-refractivity contribution in [3.8, 4) is 0 Å². The standard InChI is InChI=1S/C15H29N3O2/c1-6-17(7-2)14(20)18-10-8-12(9-11-18)16-13(19)15(3,4)5/h12H,6-11H2,1-5H3,(H,16,19). The molecular weight excluding hydrogens is 254 g/mol. The Kier molecular flexibility index (Phi) is 5.84. The number of carbonyl (C=O) groups excluding carboxylic acids is 2. The average Bonchev–Trinajstić information content (AvgIpc) is 2.39. The number of likely N-dealkylation sites (tertiary alicyclic amines) is 1. The van der Waals surface area contributed by atoms with Crippen LogP contribution < -0.4 is 5.32 Å². The zero-order chi connectivity index (χ0) is 15.3. The number of nitrogens with one attached hydrogen (secondary N) is 1. The summed E-state index contributed by atoms with van der Waals surface area (Å²) >= 11 is 0. The smallest absolute Gasteiger partial charge is 0.319 e. The summed E-state index contributed by atoms with van der Waals surface area (Å²) in [5.41, 5.74) is -0.353. The van der Waals surface area contributed by atoms with Crippen molar-refractivity contribution >= 4 is 11.9 Å². The van der Waals surface area contributed by atoms with E-state index in [1.807, 2.05) is 44.4 Å². The number of nitrogens with zero attached hydrogens (tertiary/aromatic N) is 2. The van der Waals surface area contributed by atoms with Gasteiger partial charge in [0.05, 0.1) is 0 Å². The lowest BCUT2D eigenvalue weighted by atomic mass is 9.94. The van der Waals surface area contributed by atoms with Gasteiger partial charge in [-0.2, -0.15) is 0 Å². The van der Waals surface area contributed by atoms with E-state index in [-0.39, 0.29) is 23.4 Å². The lowest BCUT2D eigenvalue weighted by molar-refractivity contribution is -0.129. The molecule has 1 saturated heterocycles. The summed E-state index contributed by atoms with van der Waals surface area (Å²) in [6, 6.07) is 0.318. The van der Waals surface area contributed by atoms with Crippen LogP contribution in [0.4, 0.5) is 4.79 Å². The fourth-order valence-electron chi connectivity index (χ4n) is 2.31. The van der Waals surface area contributed by atoms with Gasteiger partial charge in [-0.1, -0.05) is 20.8 Å². The molecule has 0 radical (unpaired) electrons. The predicted molar refractivity (Wildman–Crippen MR) is 80.5 cm³/mol. The van der Waals surface area contributed by atoms with Crippen molar-refractivity contribution < 1.29 is 9.59 Å². The highest BCUT2D eigenvalue weighted by molar-refractivity contribution is 5.81. The maximum Gasteiger partial charge on any atom is 0.319 e. The van der Waals surface area contributed by atoms with Crippen molar-refractivity contribution in [1.29, 1.82) is 0 Å². The molecule has 5 nitrogen and oxygen atoms in total. The monoisotopic (exact) mass is 283 g/mol. The molecule has 0 atom stereocenters. The molecule has 1 heterocycles. The Labute approximate surface area is 122 Å². The minimum absolute atomic E-state index is 0.0889. The van der Waals surface area contributed by atoms with E-state index in [9.17, 15) is 9.59 Å². The molecule has 0 aromatic rings. The number of rotatable bonds is 3. The summed E-state index contributed by atoms with van der Waals surface area (Å²) in [6.45, 7) is 12.7. The van der Waals surface area contributed by atoms with Crippen LogP contribution in [0.1, 0.15) is 47.5 Å². The molecule has 0 unspecified atom stereocenters. The van der Waals surface area contributed by atoms with Crippen molar-refractivity contribution in [2.24, 2.45) is 5.41 Å². The molecule has 1 rings (SSSR count). The van der Waals surface area contributed by atoms with Gasteiger partial charge in [0.25, 0.3) is 0 Å². The molecule has 0 aromatic carbocycles. The van der Waals surface area contributed by atoms with Gasteiger partial charge >= 0.3 is 6.03 Å². The molecule has 0 bridgehead atoms. The van der Waals surface area contributed by atoms with E-state index in [0.717, 1.165) is 39.0 Å². The molecule has 1 aliphatic rings. The number of hydrogen-bond acceptors (Lipinski definition) is 2. The fourth-order valence-corrected chi connectivity index (χ4v) is 2.31. The summed E-state index contributed by atoms with van der Waals surface area (Å²) in [4.78, 5) is 27.9. The number of piperidine rings is 1. The molecular formula is C15H29N3O2. The second-order valence-corrected chi connectivity index (χ2v) is 6.44. The van der Waals surface area contributed by atoms with Crippen LogP contribution >= 0.6 is 0 Å². The molecule has 0 saturated carbocycles. The van der Waals surface area contributed by atoms with E-state index in [1.54, 1.807) is 0 Å². The van der Waals surface area contributed by atoms with Crippen LogP contribution in [0, 0.1) is 5.41 Å². The predicted octanol–water partition coefficient (Wildman–Crippen LogP) is 2.07. The van der Waals surface area contributed by atoms with E-state index in [2.05, 4.69) is 5.32 Å². The van der Waals surface area contributed by atoms with E-state index >= 15 is 0 Å². The van der Waals surface area contributed by atoms with E-state index < -0.39 is 0 Å². The van der Waals surface area contributed by atoms with Crippen molar-refractivity contribution in [3.63, 3.8) is 0 Å². The quantitative estimate of drug-likeness (QED) is 0.862. The Hall–Kier alpha value is -1.26. The minimum Gasteiger partial charge on any atom is -0.353 e. The molecule has 0 aromatic heterocycles. The van der Waals surface area contributed by atoms with Crippen molar-refractivity contribution in [3.05, 3.63) is 0 Å². The van der Waals surface area contributed by atoms with E-state index in [1.165, 1.54) is 0 Å². The largest absolute Gasteiger partial charge is 0.353 e. The van der Waals surface area contributed by atoms with Crippen LogP contribution in [0.15, 0.2) is 0 Å². The van der Waals surface area contributed by atoms with Crippen LogP contribution in [0.25, 0.3) is 0 Å². The third-order valence-corrected chi connectivity index (χ3v) is 3.82. The summed E-state index contributed by atoms with van der Waals surface area (Å²) in [7, 11) is 0. The highest BCUT2D eigenvalue weighted by Gasteiger charge is 2.28. The van der Waals surface area contributed by atoms with Crippen LogP contribution in [0.3, 0.4) is 0 Å². The second-order valence-electron chi connectivity index (χ2n) is 6.44. The number of carbonyl (C=O) groups is 2. The highest BCUT2D eigenvalue weighted by Crippen LogP contribution is 2.17. The fraction of sp³-hybridized carbons (Fsp3) is 0.867. The molecule has 20 heavy (non-hydrogen) atoms. The Morgan fingerprint density at radius 3 is 2.05 bits per heavy atom. The van der Waals surface area contributed by atoms with Gasteiger partial charge in [0.15, 0.2) is 0 Å². The van der Waals surface area contributed by atoms with Gasteiger partial charge in [0.2, 0.25) is 5.91 Å². The number of amides is 3. The van der Waals surface area contributed by atoms with Gasteiger partial charge in [-0.15, -0.1) is 0 Å². The Balaban J connectivity index is 2.44. The summed E-state index contributed by atoms with van der Waals surface area (Å²) in [6.07, 6.45) is 1.68. The summed E-state index contributed by atoms with van der Waals surface area (Å²) in [5.74, 6) is 0.0889. The van der Waals surface area contributed by atoms with E-state index in [4.69, 9.17) is 0 Å². The van der Waals surface area contributed by atoms with Gasteiger partial charge in [0.1, 0.15) is 0 Å². The summed E-state index contributed by atoms with van der Waals surface area (Å²) in [5, 5.41) is 3.08. The van der Waals surface area contributed by atoms with Crippen LogP contribution in [-0.2, 0) is 4.79 Å². The van der Waals surface area contributed by atoms with Gasteiger partial charge in [-0.05, 0) is 26.7 Å². The Morgan fingerprint density at radius 1 is 1.15 bits per heavy atom. The third kappa shape index (κ3) is 4.39. The van der Waals surface area contributed by atoms with Gasteiger partial charge < -0.3 is 15.1 Å². The van der Waals surface area contributed by atoms with E-state index in [0.29, 0.717) is 0 Å². The van der Waals surface area contributed by atoms with Crippen molar-refractivity contribution in [2.45, 2.75) is 53.5 Å². The van der Waals surface area contributed by atoms with Crippen LogP contribution in [0.2, 0.25) is 0 Å². The maximum atomic E-state index is 12.2. The normalized spacial score (nSPS) is 16.9. The first-order valence-electron chi connectivity index (χ1n) is 7.64. The SMILES string of the molecule is CCN(CC)C(=O)N1CCC(NC(=O)C(C)(C)C)CC1. The highest BCUT2D eigenvalue weighted by atomic mass is 16.2. The Bertz CT molecular complexity index is 338. The molecule has 0 aliphatic carbocycles. The molecule has 1 aliphatic heterocycles. The maximum absolute atomic E-state index is 12.2. The van der Waals surface area contributed by atoms with Gasteiger partial charge in [0, 0.05) is 37.6 Å². The zero-order valence-corrected chi connectivity index (χ0v) is 13.5. The molecule has 5 heteroatoms.